The van der Waals surface area contributed by atoms with E-state index in [4.69, 9.17) is 4.74 Å². The molecule has 0 unspecified atom stereocenters. The SMILES string of the molecule is C=C(CNC(=O)N(C)c1ccccc1)C(=O)OCC. The maximum atomic E-state index is 11.8. The molecule has 5 nitrogen and oxygen atoms in total. The molecule has 0 saturated heterocycles. The molecular weight excluding hydrogens is 244 g/mol. The van der Waals surface area contributed by atoms with Crippen molar-refractivity contribution in [1.29, 1.82) is 0 Å². The molecule has 19 heavy (non-hydrogen) atoms. The van der Waals surface area contributed by atoms with Crippen molar-refractivity contribution >= 4 is 17.7 Å². The predicted octanol–water partition coefficient (Wildman–Crippen LogP) is 1.95. The number of hydrogen-bond donors (Lipinski definition) is 1. The molecule has 1 aromatic rings. The van der Waals surface area contributed by atoms with Crippen LogP contribution in [0, 0.1) is 0 Å². The van der Waals surface area contributed by atoms with Crippen molar-refractivity contribution in [3.8, 4) is 0 Å². The van der Waals surface area contributed by atoms with Gasteiger partial charge in [-0.05, 0) is 19.1 Å². The van der Waals surface area contributed by atoms with E-state index in [9.17, 15) is 9.59 Å². The molecule has 1 aromatic carbocycles. The van der Waals surface area contributed by atoms with Crippen LogP contribution in [0.2, 0.25) is 0 Å². The molecule has 0 fully saturated rings. The number of hydrogen-bond acceptors (Lipinski definition) is 3. The molecule has 0 radical (unpaired) electrons. The van der Waals surface area contributed by atoms with Crippen molar-refractivity contribution < 1.29 is 14.3 Å². The minimum Gasteiger partial charge on any atom is -0.463 e. The van der Waals surface area contributed by atoms with E-state index in [2.05, 4.69) is 11.9 Å². The van der Waals surface area contributed by atoms with E-state index in [0.29, 0.717) is 0 Å². The van der Waals surface area contributed by atoms with Crippen molar-refractivity contribution in [2.75, 3.05) is 25.1 Å². The first-order valence-corrected chi connectivity index (χ1v) is 5.97. The summed E-state index contributed by atoms with van der Waals surface area (Å²) in [5.41, 5.74) is 0.985. The largest absolute Gasteiger partial charge is 0.463 e. The molecule has 0 atom stereocenters. The predicted molar refractivity (Wildman–Crippen MR) is 74.0 cm³/mol. The number of carbonyl (C=O) groups is 2. The third kappa shape index (κ3) is 4.46. The Hall–Kier alpha value is -2.30. The zero-order valence-electron chi connectivity index (χ0n) is 11.2. The van der Waals surface area contributed by atoms with Gasteiger partial charge in [0.15, 0.2) is 0 Å². The molecule has 2 amide bonds. The average Bonchev–Trinajstić information content (AvgIpc) is 2.44. The molecule has 0 aliphatic heterocycles. The molecule has 0 aromatic heterocycles. The van der Waals surface area contributed by atoms with Gasteiger partial charge >= 0.3 is 12.0 Å². The lowest BCUT2D eigenvalue weighted by Crippen LogP contribution is -2.38. The summed E-state index contributed by atoms with van der Waals surface area (Å²) in [7, 11) is 1.65. The fourth-order valence-electron chi connectivity index (χ4n) is 1.38. The molecule has 5 heteroatoms. The zero-order valence-corrected chi connectivity index (χ0v) is 11.2. The monoisotopic (exact) mass is 262 g/mol. The van der Waals surface area contributed by atoms with Crippen LogP contribution in [-0.2, 0) is 9.53 Å². The van der Waals surface area contributed by atoms with Crippen LogP contribution in [-0.4, -0.2) is 32.2 Å². The van der Waals surface area contributed by atoms with Gasteiger partial charge in [-0.25, -0.2) is 9.59 Å². The summed E-state index contributed by atoms with van der Waals surface area (Å²) < 4.78 is 4.78. The van der Waals surface area contributed by atoms with Gasteiger partial charge in [0.2, 0.25) is 0 Å². The number of urea groups is 1. The molecule has 1 N–H and O–H groups in total. The number of ether oxygens (including phenoxy) is 1. The van der Waals surface area contributed by atoms with Gasteiger partial charge in [0.05, 0.1) is 13.2 Å². The molecular formula is C14H18N2O3. The molecule has 0 heterocycles. The van der Waals surface area contributed by atoms with Gasteiger partial charge in [0.25, 0.3) is 0 Å². The second-order valence-corrected chi connectivity index (χ2v) is 3.88. The fourth-order valence-corrected chi connectivity index (χ4v) is 1.38. The van der Waals surface area contributed by atoms with Crippen molar-refractivity contribution in [3.63, 3.8) is 0 Å². The number of rotatable bonds is 5. The Bertz CT molecular complexity index is 457. The van der Waals surface area contributed by atoms with Crippen LogP contribution in [0.15, 0.2) is 42.5 Å². The number of benzene rings is 1. The highest BCUT2D eigenvalue weighted by molar-refractivity contribution is 5.93. The molecule has 1 rings (SSSR count). The van der Waals surface area contributed by atoms with Gasteiger partial charge in [-0.3, -0.25) is 4.90 Å². The lowest BCUT2D eigenvalue weighted by atomic mass is 10.3. The third-order valence-electron chi connectivity index (χ3n) is 2.47. The second kappa shape index (κ2) is 7.20. The number of nitrogens with zero attached hydrogens (tertiary/aromatic N) is 1. The summed E-state index contributed by atoms with van der Waals surface area (Å²) in [4.78, 5) is 24.6. The van der Waals surface area contributed by atoms with Gasteiger partial charge in [0, 0.05) is 18.3 Å². The third-order valence-corrected chi connectivity index (χ3v) is 2.47. The number of nitrogens with one attached hydrogen (secondary N) is 1. The number of anilines is 1. The first-order chi connectivity index (χ1) is 9.06. The van der Waals surface area contributed by atoms with E-state index in [1.807, 2.05) is 30.3 Å². The van der Waals surface area contributed by atoms with E-state index in [1.165, 1.54) is 4.90 Å². The van der Waals surface area contributed by atoms with Crippen LogP contribution in [0.1, 0.15) is 6.92 Å². The van der Waals surface area contributed by atoms with E-state index in [-0.39, 0.29) is 24.8 Å². The molecule has 0 bridgehead atoms. The van der Waals surface area contributed by atoms with Gasteiger partial charge in [-0.2, -0.15) is 0 Å². The van der Waals surface area contributed by atoms with Crippen molar-refractivity contribution in [1.82, 2.24) is 5.32 Å². The first kappa shape index (κ1) is 14.8. The Morgan fingerprint density at radius 1 is 1.32 bits per heavy atom. The van der Waals surface area contributed by atoms with E-state index in [1.54, 1.807) is 14.0 Å². The smallest absolute Gasteiger partial charge is 0.335 e. The summed E-state index contributed by atoms with van der Waals surface area (Å²) in [6, 6.07) is 8.89. The zero-order chi connectivity index (χ0) is 14.3. The lowest BCUT2D eigenvalue weighted by molar-refractivity contribution is -0.138. The number of carbonyl (C=O) groups excluding carboxylic acids is 2. The Kier molecular flexibility index (Phi) is 5.60. The first-order valence-electron chi connectivity index (χ1n) is 5.97. The van der Waals surface area contributed by atoms with Gasteiger partial charge in [-0.15, -0.1) is 0 Å². The van der Waals surface area contributed by atoms with Crippen molar-refractivity contribution in [2.45, 2.75) is 6.92 Å². The van der Waals surface area contributed by atoms with Crippen LogP contribution in [0.4, 0.5) is 10.5 Å². The summed E-state index contributed by atoms with van der Waals surface area (Å²) in [6.45, 7) is 5.64. The molecule has 0 aliphatic rings. The van der Waals surface area contributed by atoms with Crippen LogP contribution in [0.25, 0.3) is 0 Å². The van der Waals surface area contributed by atoms with E-state index >= 15 is 0 Å². The van der Waals surface area contributed by atoms with Crippen molar-refractivity contribution in [2.24, 2.45) is 0 Å². The van der Waals surface area contributed by atoms with E-state index in [0.717, 1.165) is 5.69 Å². The highest BCUT2D eigenvalue weighted by Gasteiger charge is 2.13. The van der Waals surface area contributed by atoms with Crippen LogP contribution < -0.4 is 10.2 Å². The Labute approximate surface area is 112 Å². The summed E-state index contributed by atoms with van der Waals surface area (Å²) >= 11 is 0. The molecule has 0 saturated carbocycles. The van der Waals surface area contributed by atoms with Crippen molar-refractivity contribution in [3.05, 3.63) is 42.5 Å². The topological polar surface area (TPSA) is 58.6 Å². The molecule has 0 aliphatic carbocycles. The highest BCUT2D eigenvalue weighted by atomic mass is 16.5. The van der Waals surface area contributed by atoms with E-state index < -0.39 is 5.97 Å². The maximum Gasteiger partial charge on any atom is 0.335 e. The van der Waals surface area contributed by atoms with Gasteiger partial charge in [-0.1, -0.05) is 24.8 Å². The highest BCUT2D eigenvalue weighted by Crippen LogP contribution is 2.10. The molecule has 102 valence electrons. The summed E-state index contributed by atoms with van der Waals surface area (Å²) in [5, 5.41) is 2.61. The lowest BCUT2D eigenvalue weighted by Gasteiger charge is -2.18. The maximum absolute atomic E-state index is 11.8. The normalized spacial score (nSPS) is 9.58. The number of amides is 2. The Morgan fingerprint density at radius 3 is 2.53 bits per heavy atom. The van der Waals surface area contributed by atoms with Crippen LogP contribution in [0.3, 0.4) is 0 Å². The standard InChI is InChI=1S/C14H18N2O3/c1-4-19-13(17)11(2)10-15-14(18)16(3)12-8-6-5-7-9-12/h5-9H,2,4,10H2,1,3H3,(H,15,18). The number of esters is 1. The van der Waals surface area contributed by atoms with Gasteiger partial charge in [0.1, 0.15) is 0 Å². The summed E-state index contributed by atoms with van der Waals surface area (Å²) in [6.07, 6.45) is 0. The average molecular weight is 262 g/mol. The van der Waals surface area contributed by atoms with Crippen LogP contribution >= 0.6 is 0 Å². The summed E-state index contributed by atoms with van der Waals surface area (Å²) in [5.74, 6) is -0.495. The minimum atomic E-state index is -0.495. The number of para-hydroxylation sites is 1. The van der Waals surface area contributed by atoms with Crippen LogP contribution in [0.5, 0.6) is 0 Å². The Balaban J connectivity index is 2.48. The Morgan fingerprint density at radius 2 is 1.95 bits per heavy atom. The van der Waals surface area contributed by atoms with Gasteiger partial charge < -0.3 is 10.1 Å². The quantitative estimate of drug-likeness (QED) is 0.651. The molecule has 0 spiro atoms. The fraction of sp³-hybridized carbons (Fsp3) is 0.286. The minimum absolute atomic E-state index is 0.0643. The second-order valence-electron chi connectivity index (χ2n) is 3.88.